The number of rotatable bonds is 8. The van der Waals surface area contributed by atoms with Crippen molar-refractivity contribution < 1.29 is 52.0 Å². The van der Waals surface area contributed by atoms with Gasteiger partial charge >= 0.3 is 17.9 Å². The third-order valence-corrected chi connectivity index (χ3v) is 8.95. The van der Waals surface area contributed by atoms with E-state index in [0.717, 1.165) is 0 Å². The number of para-hydroxylation sites is 4. The first-order valence-corrected chi connectivity index (χ1v) is 16.7. The Kier molecular flexibility index (Phi) is 10.2. The van der Waals surface area contributed by atoms with Crippen LogP contribution in [0, 0.1) is 11.8 Å². The van der Waals surface area contributed by atoms with Gasteiger partial charge in [0.1, 0.15) is 17.1 Å². The first-order chi connectivity index (χ1) is 24.9. The number of ether oxygens (including phenoxy) is 5. The van der Waals surface area contributed by atoms with E-state index in [2.05, 4.69) is 9.97 Å². The maximum absolute atomic E-state index is 14.1. The van der Waals surface area contributed by atoms with Gasteiger partial charge in [-0.1, -0.05) is 54.6 Å². The Hall–Kier alpha value is -5.37. The van der Waals surface area contributed by atoms with E-state index in [0.29, 0.717) is 34.0 Å². The Morgan fingerprint density at radius 3 is 1.82 bits per heavy atom. The van der Waals surface area contributed by atoms with Crippen molar-refractivity contribution in [3.8, 4) is 0 Å². The largest absolute Gasteiger partial charge is 0.454 e. The van der Waals surface area contributed by atoms with Gasteiger partial charge in [-0.2, -0.15) is 0 Å². The zero-order valence-corrected chi connectivity index (χ0v) is 27.7. The summed E-state index contributed by atoms with van der Waals surface area (Å²) in [7, 11) is 1.33. The summed E-state index contributed by atoms with van der Waals surface area (Å²) in [6.07, 6.45) is -2.51. The number of oxazole rings is 2. The second kappa shape index (κ2) is 15.3. The molecule has 7 atom stereocenters. The average Bonchev–Trinajstić information content (AvgIpc) is 3.76. The standard InChI is InChI=1S/C38H36N2O11/c1-45-38-34-33(32(29(21-41)48-38)49-35(42)22-11-3-2-4-12-22)50-36(43)23(19-30-39-25-15-7-9-17-27(25)46-30)13-5-6-14-24(37(44)51-34)20-31-40-26-16-8-10-18-28(26)47-31/h2-12,15-18,23-24,29,32-34,38,41H,13-14,19-21H2,1H3/t23-,24-,29-,32-,33+,34-,38+/m1/s1. The third-order valence-electron chi connectivity index (χ3n) is 8.95. The molecule has 0 unspecified atom stereocenters. The van der Waals surface area contributed by atoms with Gasteiger partial charge in [-0.3, -0.25) is 9.59 Å². The van der Waals surface area contributed by atoms with E-state index in [4.69, 9.17) is 32.5 Å². The van der Waals surface area contributed by atoms with Crippen LogP contribution in [0.15, 0.2) is 99.8 Å². The molecule has 0 bridgehead atoms. The first-order valence-electron chi connectivity index (χ1n) is 16.7. The van der Waals surface area contributed by atoms with Gasteiger partial charge in [0.05, 0.1) is 24.0 Å². The van der Waals surface area contributed by atoms with E-state index in [1.165, 1.54) is 7.11 Å². The highest BCUT2D eigenvalue weighted by Gasteiger charge is 2.53. The van der Waals surface area contributed by atoms with Gasteiger partial charge in [-0.05, 0) is 49.2 Å². The van der Waals surface area contributed by atoms with Crippen LogP contribution in [-0.2, 0) is 46.1 Å². The molecule has 0 spiro atoms. The van der Waals surface area contributed by atoms with Crippen molar-refractivity contribution >= 4 is 40.1 Å². The van der Waals surface area contributed by atoms with Crippen molar-refractivity contribution in [2.45, 2.75) is 56.4 Å². The average molecular weight is 697 g/mol. The van der Waals surface area contributed by atoms with Crippen LogP contribution >= 0.6 is 0 Å². The van der Waals surface area contributed by atoms with E-state index < -0.39 is 67.1 Å². The van der Waals surface area contributed by atoms with Gasteiger partial charge in [-0.25, -0.2) is 14.8 Å². The number of carbonyl (C=O) groups excluding carboxylic acids is 3. The highest BCUT2D eigenvalue weighted by molar-refractivity contribution is 5.89. The number of benzene rings is 3. The SMILES string of the molecule is CO[C@H]1O[C@H](CO)[C@@H](OC(=O)c2ccccc2)[C@@H]2OC(=O)[C@@H](Cc3nc4ccccc4o3)CC=CC[C@H](Cc3nc4ccccc4o3)C(=O)O[C@@H]12. The minimum atomic E-state index is -1.44. The number of esters is 3. The van der Waals surface area contributed by atoms with Crippen molar-refractivity contribution in [3.05, 3.63) is 108 Å². The number of carbonyl (C=O) groups is 3. The van der Waals surface area contributed by atoms with E-state index in [-0.39, 0.29) is 31.2 Å². The molecule has 2 aliphatic rings. The summed E-state index contributed by atoms with van der Waals surface area (Å²) in [6, 6.07) is 22.7. The van der Waals surface area contributed by atoms with Crippen LogP contribution in [0.2, 0.25) is 0 Å². The van der Waals surface area contributed by atoms with Crippen LogP contribution in [0.25, 0.3) is 22.2 Å². The molecule has 1 N–H and O–H groups in total. The molecule has 5 aromatic rings. The summed E-state index contributed by atoms with van der Waals surface area (Å²) in [6.45, 7) is -0.628. The summed E-state index contributed by atoms with van der Waals surface area (Å²) in [5, 5.41) is 10.4. The van der Waals surface area contributed by atoms with Crippen LogP contribution in [0.3, 0.4) is 0 Å². The zero-order chi connectivity index (χ0) is 35.3. The van der Waals surface area contributed by atoms with Gasteiger partial charge in [0.2, 0.25) is 0 Å². The molecule has 51 heavy (non-hydrogen) atoms. The van der Waals surface area contributed by atoms with Crippen molar-refractivity contribution in [2.24, 2.45) is 11.8 Å². The fourth-order valence-corrected chi connectivity index (χ4v) is 6.33. The summed E-state index contributed by atoms with van der Waals surface area (Å²) >= 11 is 0. The van der Waals surface area contributed by atoms with Crippen LogP contribution in [0.5, 0.6) is 0 Å². The lowest BCUT2D eigenvalue weighted by Crippen LogP contribution is -2.63. The number of hydrogen-bond donors (Lipinski definition) is 1. The lowest BCUT2D eigenvalue weighted by atomic mass is 9.95. The lowest BCUT2D eigenvalue weighted by molar-refractivity contribution is -0.301. The molecular weight excluding hydrogens is 660 g/mol. The maximum Gasteiger partial charge on any atom is 0.338 e. The molecule has 1 fully saturated rings. The predicted molar refractivity (Wildman–Crippen MR) is 179 cm³/mol. The number of fused-ring (bicyclic) bond motifs is 3. The Morgan fingerprint density at radius 2 is 1.29 bits per heavy atom. The van der Waals surface area contributed by atoms with Gasteiger partial charge in [0.15, 0.2) is 47.5 Å². The number of allylic oxidation sites excluding steroid dienone is 2. The predicted octanol–water partition coefficient (Wildman–Crippen LogP) is 4.75. The molecule has 0 aliphatic carbocycles. The van der Waals surface area contributed by atoms with Gasteiger partial charge in [-0.15, -0.1) is 0 Å². The fraction of sp³-hybridized carbons (Fsp3) is 0.342. The molecule has 2 aromatic heterocycles. The summed E-state index contributed by atoms with van der Waals surface area (Å²) in [5.74, 6) is -3.03. The topological polar surface area (TPSA) is 170 Å². The molecule has 0 amide bonds. The van der Waals surface area contributed by atoms with E-state index in [1.54, 1.807) is 54.6 Å². The van der Waals surface area contributed by atoms with Crippen LogP contribution in [0.1, 0.15) is 35.0 Å². The number of aliphatic hydroxyl groups is 1. The van der Waals surface area contributed by atoms with Crippen molar-refractivity contribution in [1.82, 2.24) is 9.97 Å². The second-order valence-electron chi connectivity index (χ2n) is 12.4. The Balaban J connectivity index is 1.24. The van der Waals surface area contributed by atoms with Crippen molar-refractivity contribution in [2.75, 3.05) is 13.7 Å². The van der Waals surface area contributed by atoms with E-state index in [9.17, 15) is 19.5 Å². The number of methoxy groups -OCH3 is 1. The smallest absolute Gasteiger partial charge is 0.338 e. The van der Waals surface area contributed by atoms with Crippen LogP contribution < -0.4 is 0 Å². The lowest BCUT2D eigenvalue weighted by Gasteiger charge is -2.44. The van der Waals surface area contributed by atoms with Gasteiger partial charge in [0.25, 0.3) is 0 Å². The summed E-state index contributed by atoms with van der Waals surface area (Å²) in [5.41, 5.74) is 2.66. The highest BCUT2D eigenvalue weighted by Crippen LogP contribution is 2.33. The maximum atomic E-state index is 14.1. The number of hydrogen-bond acceptors (Lipinski definition) is 13. The van der Waals surface area contributed by atoms with Gasteiger partial charge in [0, 0.05) is 20.0 Å². The minimum absolute atomic E-state index is 0.0868. The molecule has 13 nitrogen and oxygen atoms in total. The molecule has 264 valence electrons. The number of aliphatic hydroxyl groups excluding tert-OH is 1. The molecule has 1 saturated heterocycles. The van der Waals surface area contributed by atoms with Crippen LogP contribution in [0.4, 0.5) is 0 Å². The molecule has 7 rings (SSSR count). The minimum Gasteiger partial charge on any atom is -0.454 e. The molecule has 4 heterocycles. The van der Waals surface area contributed by atoms with Crippen molar-refractivity contribution in [3.63, 3.8) is 0 Å². The summed E-state index contributed by atoms with van der Waals surface area (Å²) in [4.78, 5) is 50.5. The fourth-order valence-electron chi connectivity index (χ4n) is 6.33. The zero-order valence-electron chi connectivity index (χ0n) is 27.7. The Bertz CT molecular complexity index is 1960. The molecule has 3 aromatic carbocycles. The van der Waals surface area contributed by atoms with Gasteiger partial charge < -0.3 is 37.6 Å². The Labute approximate surface area is 292 Å². The van der Waals surface area contributed by atoms with Crippen LogP contribution in [-0.4, -0.2) is 77.4 Å². The first kappa shape index (κ1) is 34.1. The molecule has 0 radical (unpaired) electrons. The van der Waals surface area contributed by atoms with Crippen molar-refractivity contribution in [1.29, 1.82) is 0 Å². The summed E-state index contributed by atoms with van der Waals surface area (Å²) < 4.78 is 41.5. The highest BCUT2D eigenvalue weighted by atomic mass is 16.7. The normalized spacial score (nSPS) is 25.7. The quantitative estimate of drug-likeness (QED) is 0.134. The third kappa shape index (κ3) is 7.55. The van der Waals surface area contributed by atoms with E-state index >= 15 is 0 Å². The second-order valence-corrected chi connectivity index (χ2v) is 12.4. The monoisotopic (exact) mass is 696 g/mol. The number of nitrogens with zero attached hydrogens (tertiary/aromatic N) is 2. The van der Waals surface area contributed by atoms with E-state index in [1.807, 2.05) is 36.4 Å². The number of aromatic nitrogens is 2. The molecule has 2 aliphatic heterocycles. The molecule has 13 heteroatoms. The molecular formula is C38H36N2O11. The molecule has 0 saturated carbocycles. The Morgan fingerprint density at radius 1 is 0.765 bits per heavy atom.